The van der Waals surface area contributed by atoms with Crippen molar-refractivity contribution in [3.63, 3.8) is 0 Å². The summed E-state index contributed by atoms with van der Waals surface area (Å²) in [6.45, 7) is 3.95. The number of fused-ring (bicyclic) bond motifs is 3. The van der Waals surface area contributed by atoms with Gasteiger partial charge < -0.3 is 39.2 Å². The fraction of sp³-hybridized carbons (Fsp3) is 0.500. The van der Waals surface area contributed by atoms with Gasteiger partial charge in [0.15, 0.2) is 23.3 Å². The van der Waals surface area contributed by atoms with Crippen LogP contribution in [0.3, 0.4) is 0 Å². The molecule has 3 aromatic rings. The van der Waals surface area contributed by atoms with Crippen LogP contribution in [-0.4, -0.2) is 120 Å². The molecule has 5 amide bonds. The molecule has 2 aromatic carbocycles. The van der Waals surface area contributed by atoms with Gasteiger partial charge in [-0.2, -0.15) is 0 Å². The molecule has 0 saturated carbocycles. The normalized spacial score (nSPS) is 18.6. The summed E-state index contributed by atoms with van der Waals surface area (Å²) in [4.78, 5) is 56.3. The van der Waals surface area contributed by atoms with Crippen LogP contribution >= 0.6 is 11.3 Å². The number of anilines is 2. The first-order chi connectivity index (χ1) is 24.8. The Hall–Kier alpha value is -4.42. The second kappa shape index (κ2) is 17.7. The maximum Gasteiger partial charge on any atom is 0.328 e. The second-order valence-corrected chi connectivity index (χ2v) is 13.1. The highest BCUT2D eigenvalue weighted by molar-refractivity contribution is 7.22. The smallest absolute Gasteiger partial charge is 0.328 e. The van der Waals surface area contributed by atoms with E-state index in [0.29, 0.717) is 56.3 Å². The minimum Gasteiger partial charge on any atom is -0.478 e. The molecule has 51 heavy (non-hydrogen) atoms. The van der Waals surface area contributed by atoms with Crippen LogP contribution in [0.25, 0.3) is 10.2 Å². The van der Waals surface area contributed by atoms with E-state index in [1.54, 1.807) is 30.3 Å². The fourth-order valence-corrected chi connectivity index (χ4v) is 6.90. The van der Waals surface area contributed by atoms with E-state index in [4.69, 9.17) is 23.7 Å². The van der Waals surface area contributed by atoms with E-state index in [0.717, 1.165) is 35.8 Å². The van der Waals surface area contributed by atoms with Crippen LogP contribution in [0.4, 0.5) is 20.0 Å². The first-order valence-electron chi connectivity index (χ1n) is 17.0. The van der Waals surface area contributed by atoms with Crippen molar-refractivity contribution in [3.8, 4) is 5.75 Å². The van der Waals surface area contributed by atoms with Crippen molar-refractivity contribution in [1.29, 1.82) is 0 Å². The molecule has 0 aliphatic carbocycles. The summed E-state index contributed by atoms with van der Waals surface area (Å²) in [6.07, 6.45) is 2.72. The highest BCUT2D eigenvalue weighted by Gasteiger charge is 2.35. The number of carbonyl (C=O) groups is 4. The molecule has 4 heterocycles. The summed E-state index contributed by atoms with van der Waals surface area (Å²) in [5, 5.41) is 8.53. The van der Waals surface area contributed by atoms with E-state index in [-0.39, 0.29) is 62.5 Å². The molecule has 0 radical (unpaired) electrons. The van der Waals surface area contributed by atoms with Crippen molar-refractivity contribution in [2.24, 2.45) is 0 Å². The molecule has 274 valence electrons. The number of benzene rings is 2. The Morgan fingerprint density at radius 1 is 0.922 bits per heavy atom. The molecule has 1 aromatic heterocycles. The number of morpholine rings is 1. The maximum atomic E-state index is 14.7. The van der Waals surface area contributed by atoms with Gasteiger partial charge in [0.25, 0.3) is 11.8 Å². The largest absolute Gasteiger partial charge is 0.478 e. The van der Waals surface area contributed by atoms with Crippen molar-refractivity contribution in [3.05, 3.63) is 47.8 Å². The molecule has 3 fully saturated rings. The first kappa shape index (κ1) is 36.4. The van der Waals surface area contributed by atoms with Gasteiger partial charge in [0, 0.05) is 50.4 Å². The Balaban J connectivity index is 0.770. The van der Waals surface area contributed by atoms with E-state index in [1.165, 1.54) is 22.3 Å². The molecule has 3 aliphatic heterocycles. The van der Waals surface area contributed by atoms with Crippen LogP contribution in [0.15, 0.2) is 36.4 Å². The minimum atomic E-state index is -0.568. The Morgan fingerprint density at radius 3 is 2.27 bits per heavy atom. The van der Waals surface area contributed by atoms with Crippen molar-refractivity contribution < 1.29 is 47.3 Å². The van der Waals surface area contributed by atoms with Gasteiger partial charge in [0.2, 0.25) is 5.91 Å². The monoisotopic (exact) mass is 728 g/mol. The molecule has 2 unspecified atom stereocenters. The molecule has 2 bridgehead atoms. The number of rotatable bonds is 18. The number of amides is 5. The number of halogens is 1. The van der Waals surface area contributed by atoms with Crippen molar-refractivity contribution >= 4 is 56.1 Å². The number of carbonyl (C=O) groups excluding carboxylic acids is 4. The average Bonchev–Trinajstić information content (AvgIpc) is 3.72. The Morgan fingerprint density at radius 2 is 1.59 bits per heavy atom. The van der Waals surface area contributed by atoms with Gasteiger partial charge in [-0.15, -0.1) is 0 Å². The third-order valence-corrected chi connectivity index (χ3v) is 9.54. The van der Waals surface area contributed by atoms with Crippen LogP contribution in [-0.2, 0) is 28.5 Å². The van der Waals surface area contributed by atoms with Gasteiger partial charge in [-0.1, -0.05) is 11.3 Å². The van der Waals surface area contributed by atoms with Crippen LogP contribution in [0.5, 0.6) is 5.75 Å². The molecule has 15 nitrogen and oxygen atoms in total. The quantitative estimate of drug-likeness (QED) is 0.164. The summed E-state index contributed by atoms with van der Waals surface area (Å²) in [5.74, 6) is -1.58. The third kappa shape index (κ3) is 9.89. The number of hydrogen-bond acceptors (Lipinski definition) is 12. The predicted octanol–water partition coefficient (Wildman–Crippen LogP) is 2.22. The van der Waals surface area contributed by atoms with Gasteiger partial charge in [-0.25, -0.2) is 14.2 Å². The standard InChI is InChI=1S/C34H41FN6O9S/c35-26-7-8-27-30(39-34(51-27)40-19-24-5-6-25(20-40)50-24)31(26)49-21-29(43)36-10-13-46-15-17-48-18-16-47-14-11-37-32(44)22-1-3-23(4-2-22)41-12-9-28(42)38-33(41)45/h1-4,7-8,24-25H,5-6,9-21H2,(H,36,43)(H,37,44)(H,38,42,45). The summed E-state index contributed by atoms with van der Waals surface area (Å²) < 4.78 is 43.4. The second-order valence-electron chi connectivity index (χ2n) is 12.1. The van der Waals surface area contributed by atoms with Crippen molar-refractivity contribution in [2.75, 3.05) is 88.8 Å². The Bertz CT molecular complexity index is 1680. The van der Waals surface area contributed by atoms with Crippen molar-refractivity contribution in [2.45, 2.75) is 31.5 Å². The van der Waals surface area contributed by atoms with Gasteiger partial charge >= 0.3 is 6.03 Å². The fourth-order valence-electron chi connectivity index (χ4n) is 5.91. The van der Waals surface area contributed by atoms with E-state index < -0.39 is 17.8 Å². The number of hydrogen-bond donors (Lipinski definition) is 3. The summed E-state index contributed by atoms with van der Waals surface area (Å²) in [5.41, 5.74) is 1.45. The highest BCUT2D eigenvalue weighted by Crippen LogP contribution is 2.38. The third-order valence-electron chi connectivity index (χ3n) is 8.46. The van der Waals surface area contributed by atoms with E-state index in [2.05, 4.69) is 25.8 Å². The number of urea groups is 1. The van der Waals surface area contributed by atoms with E-state index in [1.807, 2.05) is 0 Å². The minimum absolute atomic E-state index is 0.0298. The zero-order valence-electron chi connectivity index (χ0n) is 28.0. The number of ether oxygens (including phenoxy) is 5. The summed E-state index contributed by atoms with van der Waals surface area (Å²) >= 11 is 1.48. The Labute approximate surface area is 297 Å². The van der Waals surface area contributed by atoms with Gasteiger partial charge in [-0.05, 0) is 49.2 Å². The maximum absolute atomic E-state index is 14.7. The number of nitrogens with zero attached hydrogens (tertiary/aromatic N) is 3. The molecule has 2 atom stereocenters. The number of nitrogens with one attached hydrogen (secondary N) is 3. The molecular weight excluding hydrogens is 687 g/mol. The van der Waals surface area contributed by atoms with Gasteiger partial charge in [0.05, 0.1) is 56.5 Å². The molecule has 3 aliphatic rings. The summed E-state index contributed by atoms with van der Waals surface area (Å²) in [7, 11) is 0. The van der Waals surface area contributed by atoms with Crippen LogP contribution in [0.1, 0.15) is 29.6 Å². The average molecular weight is 729 g/mol. The topological polar surface area (TPSA) is 170 Å². The lowest BCUT2D eigenvalue weighted by molar-refractivity contribution is -0.123. The van der Waals surface area contributed by atoms with E-state index >= 15 is 0 Å². The lowest BCUT2D eigenvalue weighted by atomic mass is 10.1. The molecular formula is C34H41FN6O9S. The van der Waals surface area contributed by atoms with E-state index in [9.17, 15) is 23.6 Å². The summed E-state index contributed by atoms with van der Waals surface area (Å²) in [6, 6.07) is 9.08. The highest BCUT2D eigenvalue weighted by atomic mass is 32.1. The van der Waals surface area contributed by atoms with Crippen LogP contribution < -0.4 is 30.5 Å². The molecule has 17 heteroatoms. The first-order valence-corrected chi connectivity index (χ1v) is 17.8. The zero-order chi connectivity index (χ0) is 35.6. The lowest BCUT2D eigenvalue weighted by Crippen LogP contribution is -2.49. The molecule has 0 spiro atoms. The molecule has 3 N–H and O–H groups in total. The number of imide groups is 1. The van der Waals surface area contributed by atoms with Crippen molar-refractivity contribution in [1.82, 2.24) is 20.9 Å². The molecule has 6 rings (SSSR count). The Kier molecular flexibility index (Phi) is 12.6. The van der Waals surface area contributed by atoms with Gasteiger partial charge in [-0.3, -0.25) is 24.6 Å². The van der Waals surface area contributed by atoms with Gasteiger partial charge in [0.1, 0.15) is 5.52 Å². The SMILES string of the molecule is O=C(COc1c(F)ccc2sc(N3CC4CCC(C3)O4)nc12)NCCOCCOCCOCCNC(=O)c1ccc(N2CCC(=O)NC2=O)cc1. The van der Waals surface area contributed by atoms with Crippen LogP contribution in [0.2, 0.25) is 0 Å². The zero-order valence-corrected chi connectivity index (χ0v) is 28.8. The lowest BCUT2D eigenvalue weighted by Gasteiger charge is -2.31. The predicted molar refractivity (Wildman–Crippen MR) is 185 cm³/mol. The molecule has 3 saturated heterocycles. The van der Waals surface area contributed by atoms with Crippen LogP contribution in [0, 0.1) is 5.82 Å². The number of aromatic nitrogens is 1. The number of thiazole rings is 1.